The molecule has 1 aliphatic carbocycles. The van der Waals surface area contributed by atoms with Crippen LogP contribution in [0.5, 0.6) is 0 Å². The second-order valence-corrected chi connectivity index (χ2v) is 5.76. The van der Waals surface area contributed by atoms with Gasteiger partial charge >= 0.3 is 5.97 Å². The SMILES string of the molecule is CN(C(=O)CCc1ccccc1C(=O)O)C1CCCCC1. The van der Waals surface area contributed by atoms with Crippen LogP contribution < -0.4 is 0 Å². The molecule has 0 bridgehead atoms. The number of nitrogens with zero attached hydrogens (tertiary/aromatic N) is 1. The van der Waals surface area contributed by atoms with E-state index in [1.54, 1.807) is 18.2 Å². The number of carboxylic acids is 1. The molecule has 0 unspecified atom stereocenters. The maximum atomic E-state index is 12.3. The van der Waals surface area contributed by atoms with Gasteiger partial charge in [-0.1, -0.05) is 37.5 Å². The number of aromatic carboxylic acids is 1. The maximum Gasteiger partial charge on any atom is 0.335 e. The molecule has 0 aliphatic heterocycles. The predicted molar refractivity (Wildman–Crippen MR) is 81.4 cm³/mol. The highest BCUT2D eigenvalue weighted by Crippen LogP contribution is 2.22. The first-order valence-electron chi connectivity index (χ1n) is 7.66. The van der Waals surface area contributed by atoms with Crippen molar-refractivity contribution in [2.75, 3.05) is 7.05 Å². The smallest absolute Gasteiger partial charge is 0.335 e. The van der Waals surface area contributed by atoms with E-state index in [1.165, 1.54) is 19.3 Å². The molecule has 1 aromatic carbocycles. The van der Waals surface area contributed by atoms with Crippen molar-refractivity contribution in [2.24, 2.45) is 0 Å². The van der Waals surface area contributed by atoms with Gasteiger partial charge in [0.25, 0.3) is 0 Å². The van der Waals surface area contributed by atoms with E-state index < -0.39 is 5.97 Å². The highest BCUT2D eigenvalue weighted by atomic mass is 16.4. The molecule has 21 heavy (non-hydrogen) atoms. The standard InChI is InChI=1S/C17H23NO3/c1-18(14-8-3-2-4-9-14)16(19)12-11-13-7-5-6-10-15(13)17(20)21/h5-7,10,14H,2-4,8-9,11-12H2,1H3,(H,20,21). The Morgan fingerprint density at radius 3 is 2.52 bits per heavy atom. The molecular weight excluding hydrogens is 266 g/mol. The third kappa shape index (κ3) is 4.06. The zero-order valence-electron chi connectivity index (χ0n) is 12.5. The van der Waals surface area contributed by atoms with Crippen LogP contribution in [0.15, 0.2) is 24.3 Å². The predicted octanol–water partition coefficient (Wildman–Crippen LogP) is 3.11. The molecule has 1 saturated carbocycles. The molecule has 1 aromatic rings. The first-order valence-corrected chi connectivity index (χ1v) is 7.66. The molecule has 2 rings (SSSR count). The number of carbonyl (C=O) groups excluding carboxylic acids is 1. The second-order valence-electron chi connectivity index (χ2n) is 5.76. The quantitative estimate of drug-likeness (QED) is 0.906. The highest BCUT2D eigenvalue weighted by molar-refractivity contribution is 5.89. The van der Waals surface area contributed by atoms with E-state index in [1.807, 2.05) is 18.0 Å². The molecule has 1 N–H and O–H groups in total. The van der Waals surface area contributed by atoms with Crippen LogP contribution in [0.1, 0.15) is 54.4 Å². The average Bonchev–Trinajstić information content (AvgIpc) is 2.52. The molecule has 0 heterocycles. The molecule has 114 valence electrons. The number of amides is 1. The molecule has 1 fully saturated rings. The van der Waals surface area contributed by atoms with E-state index in [-0.39, 0.29) is 5.91 Å². The molecule has 4 heteroatoms. The zero-order valence-corrected chi connectivity index (χ0v) is 12.5. The normalized spacial score (nSPS) is 15.7. The summed E-state index contributed by atoms with van der Waals surface area (Å²) in [6.45, 7) is 0. The van der Waals surface area contributed by atoms with Crippen LogP contribution in [0.4, 0.5) is 0 Å². The third-order valence-electron chi connectivity index (χ3n) is 4.37. The molecule has 0 atom stereocenters. The van der Waals surface area contributed by atoms with E-state index in [9.17, 15) is 9.59 Å². The van der Waals surface area contributed by atoms with Gasteiger partial charge in [-0.3, -0.25) is 4.79 Å². The summed E-state index contributed by atoms with van der Waals surface area (Å²) >= 11 is 0. The summed E-state index contributed by atoms with van der Waals surface area (Å²) in [4.78, 5) is 25.3. The van der Waals surface area contributed by atoms with Crippen molar-refractivity contribution in [3.05, 3.63) is 35.4 Å². The summed E-state index contributed by atoms with van der Waals surface area (Å²) in [5.74, 6) is -0.819. The third-order valence-corrected chi connectivity index (χ3v) is 4.37. The van der Waals surface area contributed by atoms with Gasteiger partial charge in [-0.25, -0.2) is 4.79 Å². The van der Waals surface area contributed by atoms with Gasteiger partial charge in [0.15, 0.2) is 0 Å². The fraction of sp³-hybridized carbons (Fsp3) is 0.529. The summed E-state index contributed by atoms with van der Waals surface area (Å²) in [5, 5.41) is 9.15. The first-order chi connectivity index (χ1) is 10.1. The minimum absolute atomic E-state index is 0.113. The monoisotopic (exact) mass is 289 g/mol. The Balaban J connectivity index is 1.93. The van der Waals surface area contributed by atoms with Crippen molar-refractivity contribution < 1.29 is 14.7 Å². The van der Waals surface area contributed by atoms with Crippen LogP contribution in [0.2, 0.25) is 0 Å². The summed E-state index contributed by atoms with van der Waals surface area (Å²) in [6.07, 6.45) is 6.70. The molecule has 1 amide bonds. The number of rotatable bonds is 5. The van der Waals surface area contributed by atoms with Gasteiger partial charge in [0, 0.05) is 19.5 Å². The van der Waals surface area contributed by atoms with E-state index in [4.69, 9.17) is 5.11 Å². The number of benzene rings is 1. The number of aryl methyl sites for hydroxylation is 1. The van der Waals surface area contributed by atoms with E-state index in [0.29, 0.717) is 24.4 Å². The summed E-state index contributed by atoms with van der Waals surface area (Å²) in [6, 6.07) is 7.27. The number of carboxylic acid groups (broad SMARTS) is 1. The van der Waals surface area contributed by atoms with Crippen molar-refractivity contribution >= 4 is 11.9 Å². The number of carbonyl (C=O) groups is 2. The van der Waals surface area contributed by atoms with Gasteiger partial charge in [0.1, 0.15) is 0 Å². The van der Waals surface area contributed by atoms with Gasteiger partial charge in [-0.2, -0.15) is 0 Å². The summed E-state index contributed by atoms with van der Waals surface area (Å²) in [7, 11) is 1.88. The topological polar surface area (TPSA) is 57.6 Å². The second kappa shape index (κ2) is 7.25. The van der Waals surface area contributed by atoms with Crippen LogP contribution >= 0.6 is 0 Å². The lowest BCUT2D eigenvalue weighted by Gasteiger charge is -2.31. The lowest BCUT2D eigenvalue weighted by molar-refractivity contribution is -0.132. The van der Waals surface area contributed by atoms with Crippen LogP contribution in [0, 0.1) is 0 Å². The fourth-order valence-electron chi connectivity index (χ4n) is 3.04. The van der Waals surface area contributed by atoms with Crippen LogP contribution in [-0.2, 0) is 11.2 Å². The zero-order chi connectivity index (χ0) is 15.2. The van der Waals surface area contributed by atoms with Crippen molar-refractivity contribution in [1.29, 1.82) is 0 Å². The molecule has 4 nitrogen and oxygen atoms in total. The van der Waals surface area contributed by atoms with Crippen molar-refractivity contribution in [1.82, 2.24) is 4.90 Å². The van der Waals surface area contributed by atoms with Gasteiger partial charge < -0.3 is 10.0 Å². The first kappa shape index (κ1) is 15.5. The van der Waals surface area contributed by atoms with Crippen molar-refractivity contribution in [3.63, 3.8) is 0 Å². The van der Waals surface area contributed by atoms with Crippen molar-refractivity contribution in [2.45, 2.75) is 51.0 Å². The van der Waals surface area contributed by atoms with Crippen molar-refractivity contribution in [3.8, 4) is 0 Å². The maximum absolute atomic E-state index is 12.3. The van der Waals surface area contributed by atoms with Gasteiger partial charge in [0.05, 0.1) is 5.56 Å². The van der Waals surface area contributed by atoms with Crippen LogP contribution in [-0.4, -0.2) is 35.0 Å². The average molecular weight is 289 g/mol. The number of hydrogen-bond donors (Lipinski definition) is 1. The Bertz CT molecular complexity index is 507. The molecule has 1 aliphatic rings. The molecule has 0 radical (unpaired) electrons. The Hall–Kier alpha value is -1.84. The molecular formula is C17H23NO3. The Labute approximate surface area is 125 Å². The largest absolute Gasteiger partial charge is 0.478 e. The van der Waals surface area contributed by atoms with Gasteiger partial charge in [0.2, 0.25) is 5.91 Å². The summed E-state index contributed by atoms with van der Waals surface area (Å²) in [5.41, 5.74) is 1.03. The summed E-state index contributed by atoms with van der Waals surface area (Å²) < 4.78 is 0. The Morgan fingerprint density at radius 1 is 1.19 bits per heavy atom. The minimum Gasteiger partial charge on any atom is -0.478 e. The fourth-order valence-corrected chi connectivity index (χ4v) is 3.04. The number of hydrogen-bond acceptors (Lipinski definition) is 2. The van der Waals surface area contributed by atoms with Gasteiger partial charge in [-0.05, 0) is 30.9 Å². The minimum atomic E-state index is -0.932. The molecule has 0 saturated heterocycles. The Morgan fingerprint density at radius 2 is 1.86 bits per heavy atom. The van der Waals surface area contributed by atoms with Gasteiger partial charge in [-0.15, -0.1) is 0 Å². The molecule has 0 aromatic heterocycles. The highest BCUT2D eigenvalue weighted by Gasteiger charge is 2.22. The lowest BCUT2D eigenvalue weighted by atomic mass is 9.94. The van der Waals surface area contributed by atoms with E-state index in [0.717, 1.165) is 18.4 Å². The van der Waals surface area contributed by atoms with Crippen LogP contribution in [0.3, 0.4) is 0 Å². The van der Waals surface area contributed by atoms with E-state index in [2.05, 4.69) is 0 Å². The lowest BCUT2D eigenvalue weighted by Crippen LogP contribution is -2.38. The van der Waals surface area contributed by atoms with Crippen LogP contribution in [0.25, 0.3) is 0 Å². The van der Waals surface area contributed by atoms with E-state index >= 15 is 0 Å². The Kier molecular flexibility index (Phi) is 5.37. The molecule has 0 spiro atoms.